The number of carboxylic acid groups (broad SMARTS) is 1. The minimum Gasteiger partial charge on any atom is -0.480 e. The molecule has 1 rings (SSSR count). The van der Waals surface area contributed by atoms with Gasteiger partial charge in [-0.2, -0.15) is 0 Å². The van der Waals surface area contributed by atoms with Crippen LogP contribution >= 0.6 is 0 Å². The van der Waals surface area contributed by atoms with Gasteiger partial charge in [-0.15, -0.1) is 0 Å². The van der Waals surface area contributed by atoms with Crippen LogP contribution in [0, 0.1) is 15.5 Å². The van der Waals surface area contributed by atoms with Gasteiger partial charge in [-0.05, 0) is 25.8 Å². The third-order valence-corrected chi connectivity index (χ3v) is 2.90. The molecule has 0 spiro atoms. The molecule has 0 heterocycles. The Balaban J connectivity index is 2.99. The summed E-state index contributed by atoms with van der Waals surface area (Å²) in [5, 5.41) is 19.8. The first-order valence-electron chi connectivity index (χ1n) is 5.95. The van der Waals surface area contributed by atoms with Gasteiger partial charge >= 0.3 is 11.9 Å². The molecule has 7 heteroatoms. The third kappa shape index (κ3) is 3.31. The van der Waals surface area contributed by atoms with Crippen LogP contribution in [0.25, 0.3) is 0 Å². The molecule has 0 aromatic heterocycles. The van der Waals surface area contributed by atoms with Gasteiger partial charge in [0, 0.05) is 12.1 Å². The molecule has 1 aromatic rings. The van der Waals surface area contributed by atoms with Crippen LogP contribution in [0.3, 0.4) is 0 Å². The smallest absolute Gasteiger partial charge is 0.323 e. The number of nitro groups is 1. The zero-order valence-corrected chi connectivity index (χ0v) is 11.2. The summed E-state index contributed by atoms with van der Waals surface area (Å²) >= 11 is 0. The largest absolute Gasteiger partial charge is 0.480 e. The number of carbonyl (C=O) groups is 2. The van der Waals surface area contributed by atoms with Crippen molar-refractivity contribution in [3.8, 4) is 0 Å². The Morgan fingerprint density at radius 2 is 1.90 bits per heavy atom. The molecule has 108 valence electrons. The second-order valence-electron chi connectivity index (χ2n) is 4.46. The number of carboxylic acids is 1. The Bertz CT molecular complexity index is 524. The van der Waals surface area contributed by atoms with Crippen LogP contribution in [0.4, 0.5) is 5.69 Å². The third-order valence-electron chi connectivity index (χ3n) is 2.90. The number of nitrogens with zero attached hydrogens (tertiary/aromatic N) is 1. The van der Waals surface area contributed by atoms with Gasteiger partial charge in [0.2, 0.25) is 0 Å². The number of hydrogen-bond acceptors (Lipinski definition) is 5. The molecule has 1 N–H and O–H groups in total. The molecule has 0 amide bonds. The van der Waals surface area contributed by atoms with Crippen LogP contribution < -0.4 is 0 Å². The number of nitro benzene ring substituents is 1. The molecule has 1 unspecified atom stereocenters. The van der Waals surface area contributed by atoms with Crippen molar-refractivity contribution in [3.05, 3.63) is 39.9 Å². The lowest BCUT2D eigenvalue weighted by atomic mass is 9.83. The van der Waals surface area contributed by atoms with E-state index in [-0.39, 0.29) is 18.7 Å². The molecule has 0 aliphatic heterocycles. The highest BCUT2D eigenvalue weighted by atomic mass is 16.6. The zero-order chi connectivity index (χ0) is 15.3. The van der Waals surface area contributed by atoms with Crippen molar-refractivity contribution in [1.82, 2.24) is 0 Å². The molecule has 0 aliphatic carbocycles. The monoisotopic (exact) mass is 281 g/mol. The summed E-state index contributed by atoms with van der Waals surface area (Å²) in [6, 6.07) is 5.39. The SMILES string of the molecule is CCOC(=O)C(C)(Cc1ccc([N+](=O)[O-])cc1)C(=O)O. The van der Waals surface area contributed by atoms with Gasteiger partial charge in [0.15, 0.2) is 5.41 Å². The van der Waals surface area contributed by atoms with Crippen molar-refractivity contribution in [1.29, 1.82) is 0 Å². The molecule has 1 atom stereocenters. The molecule has 0 aliphatic rings. The van der Waals surface area contributed by atoms with Crippen molar-refractivity contribution in [2.45, 2.75) is 20.3 Å². The highest BCUT2D eigenvalue weighted by molar-refractivity contribution is 5.99. The number of non-ortho nitro benzene ring substituents is 1. The summed E-state index contributed by atoms with van der Waals surface area (Å²) < 4.78 is 4.77. The number of ether oxygens (including phenoxy) is 1. The van der Waals surface area contributed by atoms with E-state index in [1.807, 2.05) is 0 Å². The number of benzene rings is 1. The van der Waals surface area contributed by atoms with E-state index in [9.17, 15) is 24.8 Å². The van der Waals surface area contributed by atoms with Gasteiger partial charge in [0.25, 0.3) is 5.69 Å². The predicted octanol–water partition coefficient (Wildman–Crippen LogP) is 1.79. The average molecular weight is 281 g/mol. The quantitative estimate of drug-likeness (QED) is 0.368. The fourth-order valence-electron chi connectivity index (χ4n) is 1.67. The van der Waals surface area contributed by atoms with Gasteiger partial charge in [0.1, 0.15) is 0 Å². The lowest BCUT2D eigenvalue weighted by molar-refractivity contribution is -0.384. The molecule has 0 saturated heterocycles. The van der Waals surface area contributed by atoms with E-state index >= 15 is 0 Å². The van der Waals surface area contributed by atoms with E-state index in [1.165, 1.54) is 31.2 Å². The maximum atomic E-state index is 11.8. The first-order valence-corrected chi connectivity index (χ1v) is 5.95. The van der Waals surface area contributed by atoms with Crippen molar-refractivity contribution < 1.29 is 24.4 Å². The van der Waals surface area contributed by atoms with E-state index in [0.717, 1.165) is 0 Å². The maximum Gasteiger partial charge on any atom is 0.323 e. The molecule has 0 bridgehead atoms. The number of aliphatic carboxylic acids is 1. The van der Waals surface area contributed by atoms with E-state index < -0.39 is 22.3 Å². The van der Waals surface area contributed by atoms with E-state index in [1.54, 1.807) is 6.92 Å². The molecule has 0 fully saturated rings. The normalized spacial score (nSPS) is 13.3. The molecular formula is C13H15NO6. The molecule has 20 heavy (non-hydrogen) atoms. The van der Waals surface area contributed by atoms with Crippen LogP contribution in [0.15, 0.2) is 24.3 Å². The summed E-state index contributed by atoms with van der Waals surface area (Å²) in [6.07, 6.45) is -0.0981. The highest BCUT2D eigenvalue weighted by Crippen LogP contribution is 2.26. The number of hydrogen-bond donors (Lipinski definition) is 1. The van der Waals surface area contributed by atoms with Crippen molar-refractivity contribution in [2.24, 2.45) is 5.41 Å². The van der Waals surface area contributed by atoms with Gasteiger partial charge in [0.05, 0.1) is 11.5 Å². The van der Waals surface area contributed by atoms with Crippen LogP contribution in [-0.4, -0.2) is 28.6 Å². The Kier molecular flexibility index (Phi) is 4.79. The minimum absolute atomic E-state index is 0.0853. The lowest BCUT2D eigenvalue weighted by Crippen LogP contribution is -2.40. The van der Waals surface area contributed by atoms with Crippen molar-refractivity contribution in [2.75, 3.05) is 6.61 Å². The molecule has 7 nitrogen and oxygen atoms in total. The molecular weight excluding hydrogens is 266 g/mol. The number of rotatable bonds is 6. The van der Waals surface area contributed by atoms with Gasteiger partial charge < -0.3 is 9.84 Å². The van der Waals surface area contributed by atoms with Crippen LogP contribution in [0.1, 0.15) is 19.4 Å². The van der Waals surface area contributed by atoms with Crippen LogP contribution in [0.2, 0.25) is 0 Å². The van der Waals surface area contributed by atoms with Crippen LogP contribution in [0.5, 0.6) is 0 Å². The fraction of sp³-hybridized carbons (Fsp3) is 0.385. The van der Waals surface area contributed by atoms with E-state index in [4.69, 9.17) is 4.74 Å². The first kappa shape index (κ1) is 15.6. The topological polar surface area (TPSA) is 107 Å². The first-order chi connectivity index (χ1) is 9.31. The minimum atomic E-state index is -1.72. The average Bonchev–Trinajstić information content (AvgIpc) is 2.39. The summed E-state index contributed by atoms with van der Waals surface area (Å²) in [4.78, 5) is 33.1. The van der Waals surface area contributed by atoms with E-state index in [0.29, 0.717) is 5.56 Å². The van der Waals surface area contributed by atoms with Crippen molar-refractivity contribution in [3.63, 3.8) is 0 Å². The Labute approximate surface area is 115 Å². The fourth-order valence-corrected chi connectivity index (χ4v) is 1.67. The Morgan fingerprint density at radius 1 is 1.35 bits per heavy atom. The standard InChI is InChI=1S/C13H15NO6/c1-3-20-12(17)13(2,11(15)16)8-9-4-6-10(7-5-9)14(18)19/h4-7H,3,8H2,1-2H3,(H,15,16). The Morgan fingerprint density at radius 3 is 2.30 bits per heavy atom. The Hall–Kier alpha value is -2.44. The van der Waals surface area contributed by atoms with Gasteiger partial charge in [-0.1, -0.05) is 12.1 Å². The summed E-state index contributed by atoms with van der Waals surface area (Å²) in [5.41, 5.74) is -1.30. The highest BCUT2D eigenvalue weighted by Gasteiger charge is 2.43. The predicted molar refractivity (Wildman–Crippen MR) is 69.2 cm³/mol. The second-order valence-corrected chi connectivity index (χ2v) is 4.46. The number of esters is 1. The van der Waals surface area contributed by atoms with Crippen molar-refractivity contribution >= 4 is 17.6 Å². The van der Waals surface area contributed by atoms with Gasteiger partial charge in [-0.25, -0.2) is 0 Å². The molecule has 0 radical (unpaired) electrons. The summed E-state index contributed by atoms with van der Waals surface area (Å²) in [7, 11) is 0. The second kappa shape index (κ2) is 6.14. The lowest BCUT2D eigenvalue weighted by Gasteiger charge is -2.22. The summed E-state index contributed by atoms with van der Waals surface area (Å²) in [5.74, 6) is -2.12. The van der Waals surface area contributed by atoms with Crippen LogP contribution in [-0.2, 0) is 20.7 Å². The van der Waals surface area contributed by atoms with Gasteiger partial charge in [-0.3, -0.25) is 19.7 Å². The number of carbonyl (C=O) groups excluding carboxylic acids is 1. The molecule has 1 aromatic carbocycles. The van der Waals surface area contributed by atoms with E-state index in [2.05, 4.69) is 0 Å². The molecule has 0 saturated carbocycles. The summed E-state index contributed by atoms with van der Waals surface area (Å²) in [6.45, 7) is 2.95. The maximum absolute atomic E-state index is 11.8. The zero-order valence-electron chi connectivity index (χ0n) is 11.2.